The van der Waals surface area contributed by atoms with Crippen molar-refractivity contribution in [3.63, 3.8) is 0 Å². The molecule has 202 valence electrons. The minimum Gasteiger partial charge on any atom is -0.490 e. The van der Waals surface area contributed by atoms with E-state index >= 15 is 0 Å². The number of hydrogen-bond acceptors (Lipinski definition) is 4. The molecule has 0 saturated heterocycles. The van der Waals surface area contributed by atoms with E-state index in [0.717, 1.165) is 26.8 Å². The van der Waals surface area contributed by atoms with E-state index in [1.54, 1.807) is 12.1 Å². The standard InChI is InChI=1S/C34H30FIN2O2/c1-2-39-32-19-23(18-30(36)34(32)40-21-22-10-14-25(35)15-11-22)20-37-26-16-12-24(13-17-26)33-29-8-5-7-27(29)28-6-3-4-9-31(28)38-33/h3-7,9-20,27,29,33,38H,2,8,21H2,1H3/t27-,29-,33-/m0/s1. The molecule has 0 fully saturated rings. The number of benzene rings is 4. The molecule has 4 aromatic carbocycles. The van der Waals surface area contributed by atoms with Crippen LogP contribution in [-0.2, 0) is 6.61 Å². The van der Waals surface area contributed by atoms with Crippen LogP contribution < -0.4 is 14.8 Å². The average Bonchev–Trinajstić information content (AvgIpc) is 3.47. The average molecular weight is 645 g/mol. The number of aliphatic imine (C=N–C) groups is 1. The van der Waals surface area contributed by atoms with Gasteiger partial charge in [0.2, 0.25) is 0 Å². The maximum absolute atomic E-state index is 13.2. The van der Waals surface area contributed by atoms with Crippen molar-refractivity contribution in [1.29, 1.82) is 0 Å². The van der Waals surface area contributed by atoms with Crippen LogP contribution in [0.25, 0.3) is 0 Å². The van der Waals surface area contributed by atoms with Crippen LogP contribution in [0.1, 0.15) is 47.6 Å². The molecule has 0 saturated carbocycles. The Labute approximate surface area is 248 Å². The zero-order valence-corrected chi connectivity index (χ0v) is 24.3. The van der Waals surface area contributed by atoms with Crippen LogP contribution in [0.3, 0.4) is 0 Å². The molecule has 40 heavy (non-hydrogen) atoms. The Bertz CT molecular complexity index is 1550. The third kappa shape index (κ3) is 5.63. The number of halogens is 2. The van der Waals surface area contributed by atoms with E-state index in [4.69, 9.17) is 14.5 Å². The van der Waals surface area contributed by atoms with E-state index in [1.165, 1.54) is 28.9 Å². The van der Waals surface area contributed by atoms with Gasteiger partial charge in [0, 0.05) is 17.8 Å². The van der Waals surface area contributed by atoms with Gasteiger partial charge in [-0.25, -0.2) is 4.39 Å². The minimum atomic E-state index is -0.261. The van der Waals surface area contributed by atoms with Crippen LogP contribution >= 0.6 is 22.6 Å². The van der Waals surface area contributed by atoms with E-state index in [2.05, 4.69) is 88.6 Å². The van der Waals surface area contributed by atoms with E-state index in [1.807, 2.05) is 25.3 Å². The number of hydrogen-bond donors (Lipinski definition) is 1. The summed E-state index contributed by atoms with van der Waals surface area (Å²) in [5.74, 6) is 2.06. The molecule has 0 bridgehead atoms. The van der Waals surface area contributed by atoms with Gasteiger partial charge in [-0.3, -0.25) is 4.99 Å². The molecular weight excluding hydrogens is 614 g/mol. The van der Waals surface area contributed by atoms with Crippen molar-refractivity contribution in [3.05, 3.63) is 129 Å². The molecule has 4 nitrogen and oxygen atoms in total. The first-order valence-corrected chi connectivity index (χ1v) is 14.7. The van der Waals surface area contributed by atoms with Crippen LogP contribution in [0.15, 0.2) is 102 Å². The van der Waals surface area contributed by atoms with Crippen molar-refractivity contribution in [2.24, 2.45) is 10.9 Å². The van der Waals surface area contributed by atoms with E-state index in [-0.39, 0.29) is 11.9 Å². The third-order valence-corrected chi connectivity index (χ3v) is 8.32. The Morgan fingerprint density at radius 2 is 1.80 bits per heavy atom. The molecule has 6 heteroatoms. The number of nitrogens with one attached hydrogen (secondary N) is 1. The van der Waals surface area contributed by atoms with Gasteiger partial charge in [0.15, 0.2) is 11.5 Å². The summed E-state index contributed by atoms with van der Waals surface area (Å²) in [4.78, 5) is 4.75. The SMILES string of the molecule is CCOc1cc(C=Nc2ccc([C@@H]3Nc4ccccc4[C@@H]4C=CC[C@@H]43)cc2)cc(I)c1OCc1ccc(F)cc1. The molecular formula is C34H30FIN2O2. The summed E-state index contributed by atoms with van der Waals surface area (Å²) in [6.45, 7) is 2.79. The number of anilines is 1. The van der Waals surface area contributed by atoms with Crippen LogP contribution in [0.5, 0.6) is 11.5 Å². The van der Waals surface area contributed by atoms with Gasteiger partial charge < -0.3 is 14.8 Å². The second-order valence-electron chi connectivity index (χ2n) is 10.1. The lowest BCUT2D eigenvalue weighted by atomic mass is 9.77. The number of nitrogens with zero attached hydrogens (tertiary/aromatic N) is 1. The predicted molar refractivity (Wildman–Crippen MR) is 168 cm³/mol. The highest BCUT2D eigenvalue weighted by atomic mass is 127. The molecule has 1 N–H and O–H groups in total. The summed E-state index contributed by atoms with van der Waals surface area (Å²) in [5, 5.41) is 3.79. The zero-order valence-electron chi connectivity index (χ0n) is 22.2. The Morgan fingerprint density at radius 3 is 2.60 bits per heavy atom. The molecule has 0 aromatic heterocycles. The molecule has 1 aliphatic carbocycles. The Kier molecular flexibility index (Phi) is 7.86. The quantitative estimate of drug-likeness (QED) is 0.118. The van der Waals surface area contributed by atoms with Gasteiger partial charge in [0.25, 0.3) is 0 Å². The Morgan fingerprint density at radius 1 is 1.00 bits per heavy atom. The number of para-hydroxylation sites is 1. The summed E-state index contributed by atoms with van der Waals surface area (Å²) in [6, 6.07) is 27.8. The number of ether oxygens (including phenoxy) is 2. The molecule has 3 atom stereocenters. The second-order valence-corrected chi connectivity index (χ2v) is 11.3. The van der Waals surface area contributed by atoms with Crippen LogP contribution in [0.4, 0.5) is 15.8 Å². The minimum absolute atomic E-state index is 0.261. The smallest absolute Gasteiger partial charge is 0.175 e. The lowest BCUT2D eigenvalue weighted by molar-refractivity contribution is 0.267. The summed E-state index contributed by atoms with van der Waals surface area (Å²) in [5.41, 5.74) is 6.62. The fourth-order valence-electron chi connectivity index (χ4n) is 5.59. The van der Waals surface area contributed by atoms with Crippen LogP contribution in [-0.4, -0.2) is 12.8 Å². The molecule has 1 heterocycles. The zero-order chi connectivity index (χ0) is 27.5. The predicted octanol–water partition coefficient (Wildman–Crippen LogP) is 8.99. The molecule has 0 unspecified atom stereocenters. The van der Waals surface area contributed by atoms with E-state index in [0.29, 0.717) is 36.5 Å². The van der Waals surface area contributed by atoms with Crippen LogP contribution in [0, 0.1) is 15.3 Å². The van der Waals surface area contributed by atoms with Gasteiger partial charge in [0.1, 0.15) is 12.4 Å². The molecule has 1 aliphatic heterocycles. The largest absolute Gasteiger partial charge is 0.490 e. The van der Waals surface area contributed by atoms with Crippen molar-refractivity contribution < 1.29 is 13.9 Å². The third-order valence-electron chi connectivity index (χ3n) is 7.52. The van der Waals surface area contributed by atoms with Gasteiger partial charge in [-0.1, -0.05) is 54.6 Å². The van der Waals surface area contributed by atoms with Crippen molar-refractivity contribution in [1.82, 2.24) is 0 Å². The number of allylic oxidation sites excluding steroid dienone is 2. The fraction of sp³-hybridized carbons (Fsp3) is 0.206. The van der Waals surface area contributed by atoms with Crippen molar-refractivity contribution >= 4 is 40.2 Å². The first-order valence-electron chi connectivity index (χ1n) is 13.6. The van der Waals surface area contributed by atoms with E-state index in [9.17, 15) is 4.39 Å². The molecule has 0 radical (unpaired) electrons. The first kappa shape index (κ1) is 26.6. The normalized spacial score (nSPS) is 19.2. The fourth-order valence-corrected chi connectivity index (χ4v) is 6.37. The molecule has 4 aromatic rings. The molecule has 0 amide bonds. The Balaban J connectivity index is 1.17. The monoisotopic (exact) mass is 644 g/mol. The highest BCUT2D eigenvalue weighted by Gasteiger charge is 2.37. The number of rotatable bonds is 8. The van der Waals surface area contributed by atoms with Crippen LogP contribution in [0.2, 0.25) is 0 Å². The summed E-state index contributed by atoms with van der Waals surface area (Å²) in [6.07, 6.45) is 7.63. The summed E-state index contributed by atoms with van der Waals surface area (Å²) < 4.78 is 26.1. The van der Waals surface area contributed by atoms with Gasteiger partial charge in [-0.05, 0) is 107 Å². The lowest BCUT2D eigenvalue weighted by Gasteiger charge is -2.37. The van der Waals surface area contributed by atoms with Gasteiger partial charge in [-0.2, -0.15) is 0 Å². The lowest BCUT2D eigenvalue weighted by Crippen LogP contribution is -2.28. The Hall–Kier alpha value is -3.65. The highest BCUT2D eigenvalue weighted by Crippen LogP contribution is 2.49. The van der Waals surface area contributed by atoms with Gasteiger partial charge >= 0.3 is 0 Å². The second kappa shape index (κ2) is 11.8. The van der Waals surface area contributed by atoms with E-state index < -0.39 is 0 Å². The van der Waals surface area contributed by atoms with Crippen molar-refractivity contribution in [2.45, 2.75) is 31.9 Å². The maximum Gasteiger partial charge on any atom is 0.175 e. The molecule has 2 aliphatic rings. The topological polar surface area (TPSA) is 42.8 Å². The van der Waals surface area contributed by atoms with Crippen molar-refractivity contribution in [3.8, 4) is 11.5 Å². The first-order chi connectivity index (χ1) is 19.6. The van der Waals surface area contributed by atoms with Gasteiger partial charge in [0.05, 0.1) is 21.9 Å². The summed E-state index contributed by atoms with van der Waals surface area (Å²) in [7, 11) is 0. The molecule has 0 spiro atoms. The highest BCUT2D eigenvalue weighted by molar-refractivity contribution is 14.1. The number of fused-ring (bicyclic) bond motifs is 3. The molecule has 6 rings (SSSR count). The van der Waals surface area contributed by atoms with Crippen molar-refractivity contribution in [2.75, 3.05) is 11.9 Å². The summed E-state index contributed by atoms with van der Waals surface area (Å²) >= 11 is 2.26. The maximum atomic E-state index is 13.2. The van der Waals surface area contributed by atoms with Gasteiger partial charge in [-0.15, -0.1) is 0 Å².